The van der Waals surface area contributed by atoms with Gasteiger partial charge in [-0.15, -0.1) is 0 Å². The lowest BCUT2D eigenvalue weighted by Crippen LogP contribution is -2.27. The number of fused-ring (bicyclic) bond motifs is 1. The van der Waals surface area contributed by atoms with Gasteiger partial charge in [0.2, 0.25) is 5.91 Å². The monoisotopic (exact) mass is 448 g/mol. The van der Waals surface area contributed by atoms with E-state index in [4.69, 9.17) is 11.6 Å². The molecule has 1 aliphatic heterocycles. The van der Waals surface area contributed by atoms with Crippen molar-refractivity contribution in [2.75, 3.05) is 6.54 Å². The van der Waals surface area contributed by atoms with Gasteiger partial charge in [0, 0.05) is 24.9 Å². The lowest BCUT2D eigenvalue weighted by atomic mass is 9.97. The first-order valence-corrected chi connectivity index (χ1v) is 8.96. The molecule has 1 atom stereocenters. The summed E-state index contributed by atoms with van der Waals surface area (Å²) < 4.78 is 82.4. The molecule has 1 fully saturated rings. The normalized spacial score (nSPS) is 17.4. The number of carbonyl (C=O) groups is 1. The second-order valence-electron chi connectivity index (χ2n) is 6.80. The van der Waals surface area contributed by atoms with Gasteiger partial charge in [0.25, 0.3) is 0 Å². The molecular formula is C18H11ClF6N4O. The Morgan fingerprint density at radius 3 is 2.60 bits per heavy atom. The molecule has 2 aromatic heterocycles. The predicted molar refractivity (Wildman–Crippen MR) is 92.1 cm³/mol. The first-order valence-electron chi connectivity index (χ1n) is 8.58. The molecule has 12 heteroatoms. The van der Waals surface area contributed by atoms with Crippen LogP contribution in [0.2, 0.25) is 5.15 Å². The van der Waals surface area contributed by atoms with Crippen molar-refractivity contribution < 1.29 is 31.1 Å². The molecule has 1 unspecified atom stereocenters. The second-order valence-corrected chi connectivity index (χ2v) is 7.18. The van der Waals surface area contributed by atoms with Crippen molar-refractivity contribution in [2.45, 2.75) is 25.1 Å². The summed E-state index contributed by atoms with van der Waals surface area (Å²) in [6.07, 6.45) is -5.14. The van der Waals surface area contributed by atoms with Crippen LogP contribution in [0.5, 0.6) is 0 Å². The molecule has 1 aromatic carbocycles. The summed E-state index contributed by atoms with van der Waals surface area (Å²) in [5.74, 6) is -5.25. The van der Waals surface area contributed by atoms with E-state index >= 15 is 0 Å². The van der Waals surface area contributed by atoms with Gasteiger partial charge in [0.05, 0.1) is 12.2 Å². The molecule has 3 aromatic rings. The van der Waals surface area contributed by atoms with Gasteiger partial charge in [-0.3, -0.25) is 4.79 Å². The van der Waals surface area contributed by atoms with Crippen LogP contribution < -0.4 is 0 Å². The molecular weight excluding hydrogens is 438 g/mol. The smallest absolute Gasteiger partial charge is 0.336 e. The predicted octanol–water partition coefficient (Wildman–Crippen LogP) is 4.33. The first kappa shape index (κ1) is 20.5. The topological polar surface area (TPSA) is 50.5 Å². The van der Waals surface area contributed by atoms with Crippen LogP contribution >= 0.6 is 11.6 Å². The number of rotatable bonds is 3. The maximum atomic E-state index is 14.1. The molecule has 30 heavy (non-hydrogen) atoms. The van der Waals surface area contributed by atoms with E-state index in [1.54, 1.807) is 0 Å². The second kappa shape index (κ2) is 7.15. The molecule has 0 spiro atoms. The van der Waals surface area contributed by atoms with Crippen LogP contribution in [0.15, 0.2) is 24.3 Å². The van der Waals surface area contributed by atoms with E-state index < -0.39 is 53.4 Å². The number of benzene rings is 1. The van der Waals surface area contributed by atoms with Gasteiger partial charge >= 0.3 is 6.18 Å². The zero-order chi connectivity index (χ0) is 21.8. The third-order valence-corrected chi connectivity index (χ3v) is 5.02. The number of likely N-dealkylation sites (tertiary alicyclic amines) is 1. The van der Waals surface area contributed by atoms with Crippen molar-refractivity contribution in [3.8, 4) is 0 Å². The lowest BCUT2D eigenvalue weighted by Gasteiger charge is -2.18. The Morgan fingerprint density at radius 1 is 1.17 bits per heavy atom. The summed E-state index contributed by atoms with van der Waals surface area (Å²) in [5.41, 5.74) is -2.14. The number of hydrogen-bond acceptors (Lipinski definition) is 3. The summed E-state index contributed by atoms with van der Waals surface area (Å²) in [6, 6.07) is 3.66. The zero-order valence-electron chi connectivity index (χ0n) is 14.9. The van der Waals surface area contributed by atoms with Crippen LogP contribution in [0.1, 0.15) is 29.3 Å². The molecule has 1 amide bonds. The van der Waals surface area contributed by atoms with Gasteiger partial charge in [-0.05, 0) is 23.8 Å². The fourth-order valence-electron chi connectivity index (χ4n) is 3.51. The summed E-state index contributed by atoms with van der Waals surface area (Å²) in [6.45, 7) is -0.776. The number of alkyl halides is 3. The van der Waals surface area contributed by atoms with E-state index in [2.05, 4.69) is 10.1 Å². The van der Waals surface area contributed by atoms with Crippen LogP contribution in [0.4, 0.5) is 26.3 Å². The maximum absolute atomic E-state index is 14.1. The first-order chi connectivity index (χ1) is 14.0. The number of amides is 1. The molecule has 5 nitrogen and oxygen atoms in total. The standard InChI is InChI=1S/C18H11ClF6N4O/c19-13-1-2-14-26-17(18(23,24)25)12(29(14)27-13)7-28-6-8(3-15(28)30)10-4-9(20)5-11(21)16(10)22/h1-2,4-5,8H,3,6-7H2. The van der Waals surface area contributed by atoms with E-state index in [-0.39, 0.29) is 29.3 Å². The minimum atomic E-state index is -4.82. The van der Waals surface area contributed by atoms with E-state index in [0.29, 0.717) is 6.07 Å². The van der Waals surface area contributed by atoms with E-state index in [9.17, 15) is 31.1 Å². The largest absolute Gasteiger partial charge is 0.435 e. The van der Waals surface area contributed by atoms with Crippen molar-refractivity contribution >= 4 is 23.2 Å². The minimum Gasteiger partial charge on any atom is -0.336 e. The molecule has 4 rings (SSSR count). The van der Waals surface area contributed by atoms with Crippen LogP contribution in [-0.4, -0.2) is 31.9 Å². The van der Waals surface area contributed by atoms with Crippen LogP contribution in [-0.2, 0) is 17.5 Å². The number of halogens is 7. The Hall–Kier alpha value is -2.82. The summed E-state index contributed by atoms with van der Waals surface area (Å²) in [4.78, 5) is 17.0. The van der Waals surface area contributed by atoms with Gasteiger partial charge in [0.1, 0.15) is 11.0 Å². The van der Waals surface area contributed by atoms with Crippen LogP contribution in [0.3, 0.4) is 0 Å². The van der Waals surface area contributed by atoms with Gasteiger partial charge in [-0.25, -0.2) is 22.7 Å². The average Bonchev–Trinajstić information content (AvgIpc) is 3.19. The molecule has 0 radical (unpaired) electrons. The van der Waals surface area contributed by atoms with Gasteiger partial charge in [0.15, 0.2) is 23.0 Å². The molecule has 158 valence electrons. The fraction of sp³-hybridized carbons (Fsp3) is 0.278. The molecule has 0 N–H and O–H groups in total. The minimum absolute atomic E-state index is 0.0854. The Morgan fingerprint density at radius 2 is 1.90 bits per heavy atom. The van der Waals surface area contributed by atoms with Crippen molar-refractivity contribution in [1.29, 1.82) is 0 Å². The molecule has 1 saturated heterocycles. The van der Waals surface area contributed by atoms with Crippen molar-refractivity contribution in [3.63, 3.8) is 0 Å². The highest BCUT2D eigenvalue weighted by Crippen LogP contribution is 2.36. The maximum Gasteiger partial charge on any atom is 0.435 e. The molecule has 0 saturated carbocycles. The number of hydrogen-bond donors (Lipinski definition) is 0. The number of aromatic nitrogens is 3. The lowest BCUT2D eigenvalue weighted by molar-refractivity contribution is -0.142. The van der Waals surface area contributed by atoms with E-state index in [1.807, 2.05) is 0 Å². The zero-order valence-corrected chi connectivity index (χ0v) is 15.6. The third-order valence-electron chi connectivity index (χ3n) is 4.82. The average molecular weight is 449 g/mol. The number of carbonyl (C=O) groups excluding carboxylic acids is 1. The van der Waals surface area contributed by atoms with E-state index in [1.165, 1.54) is 12.1 Å². The number of nitrogens with zero attached hydrogens (tertiary/aromatic N) is 4. The summed E-state index contributed by atoms with van der Waals surface area (Å²) in [5, 5.41) is 3.73. The van der Waals surface area contributed by atoms with Gasteiger partial charge in [-0.1, -0.05) is 11.6 Å². The van der Waals surface area contributed by atoms with Crippen molar-refractivity contribution in [2.24, 2.45) is 0 Å². The van der Waals surface area contributed by atoms with Crippen molar-refractivity contribution in [3.05, 3.63) is 63.8 Å². The Kier molecular flexibility index (Phi) is 4.88. The third kappa shape index (κ3) is 3.57. The molecule has 0 aliphatic carbocycles. The highest BCUT2D eigenvalue weighted by atomic mass is 35.5. The fourth-order valence-corrected chi connectivity index (χ4v) is 3.65. The quantitative estimate of drug-likeness (QED) is 0.442. The Balaban J connectivity index is 1.70. The van der Waals surface area contributed by atoms with E-state index in [0.717, 1.165) is 15.5 Å². The van der Waals surface area contributed by atoms with Gasteiger partial charge in [-0.2, -0.15) is 18.3 Å². The number of imidazole rings is 1. The Labute approximate surface area is 169 Å². The van der Waals surface area contributed by atoms with Crippen molar-refractivity contribution in [1.82, 2.24) is 19.5 Å². The SMILES string of the molecule is O=C1CC(c2cc(F)cc(F)c2F)CN1Cc1c(C(F)(F)F)nc2ccc(Cl)nn12. The summed E-state index contributed by atoms with van der Waals surface area (Å²) >= 11 is 5.78. The van der Waals surface area contributed by atoms with Crippen LogP contribution in [0, 0.1) is 17.5 Å². The molecule has 3 heterocycles. The highest BCUT2D eigenvalue weighted by Gasteiger charge is 2.41. The highest BCUT2D eigenvalue weighted by molar-refractivity contribution is 6.29. The van der Waals surface area contributed by atoms with Crippen LogP contribution in [0.25, 0.3) is 5.65 Å². The van der Waals surface area contributed by atoms with Gasteiger partial charge < -0.3 is 4.90 Å². The molecule has 1 aliphatic rings. The Bertz CT molecular complexity index is 1160. The summed E-state index contributed by atoms with van der Waals surface area (Å²) in [7, 11) is 0. The molecule has 0 bridgehead atoms.